The van der Waals surface area contributed by atoms with E-state index in [0.717, 1.165) is 11.1 Å². The number of hydrogen-bond donors (Lipinski definition) is 0. The summed E-state index contributed by atoms with van der Waals surface area (Å²) in [5.74, 6) is -0.212. The van der Waals surface area contributed by atoms with Gasteiger partial charge in [-0.15, -0.1) is 0 Å². The van der Waals surface area contributed by atoms with Gasteiger partial charge in [-0.25, -0.2) is 8.42 Å². The number of sulfonamides is 1. The van der Waals surface area contributed by atoms with Crippen molar-refractivity contribution in [3.8, 4) is 0 Å². The summed E-state index contributed by atoms with van der Waals surface area (Å²) in [6.07, 6.45) is 0. The zero-order chi connectivity index (χ0) is 19.9. The molecule has 0 aliphatic carbocycles. The first-order valence-corrected chi connectivity index (χ1v) is 10.7. The van der Waals surface area contributed by atoms with Crippen molar-refractivity contribution in [2.45, 2.75) is 23.9 Å². The number of halogens is 1. The van der Waals surface area contributed by atoms with Crippen LogP contribution in [0, 0.1) is 6.92 Å². The number of nitrogens with zero attached hydrogens (tertiary/aromatic N) is 1. The standard InChI is InChI=1S/C22H18ClNO3S/c1-15-7-13-19(14-8-15)28(26,27)24-20(16-9-11-18(23)12-10-16)21(24)22(25)17-5-3-2-4-6-17/h2-14,20-21H,1H3. The molecule has 0 radical (unpaired) electrons. The summed E-state index contributed by atoms with van der Waals surface area (Å²) < 4.78 is 27.8. The highest BCUT2D eigenvalue weighted by molar-refractivity contribution is 7.89. The molecule has 3 unspecified atom stereocenters. The molecule has 28 heavy (non-hydrogen) atoms. The molecular weight excluding hydrogens is 394 g/mol. The van der Waals surface area contributed by atoms with E-state index in [0.29, 0.717) is 10.6 Å². The maximum absolute atomic E-state index is 13.3. The number of carbonyl (C=O) groups excluding carboxylic acids is 1. The lowest BCUT2D eigenvalue weighted by atomic mass is 10.0. The second kappa shape index (κ2) is 7.17. The molecule has 1 aliphatic heterocycles. The summed E-state index contributed by atoms with van der Waals surface area (Å²) in [6, 6.07) is 21.1. The first-order chi connectivity index (χ1) is 13.4. The second-order valence-corrected chi connectivity index (χ2v) is 9.10. The molecule has 0 N–H and O–H groups in total. The molecule has 1 saturated heterocycles. The van der Waals surface area contributed by atoms with Crippen molar-refractivity contribution in [2.75, 3.05) is 0 Å². The molecule has 0 aromatic heterocycles. The Hall–Kier alpha value is -2.47. The largest absolute Gasteiger partial charge is 0.292 e. The number of hydrogen-bond acceptors (Lipinski definition) is 3. The van der Waals surface area contributed by atoms with Crippen molar-refractivity contribution < 1.29 is 13.2 Å². The summed E-state index contributed by atoms with van der Waals surface area (Å²) in [7, 11) is -3.81. The van der Waals surface area contributed by atoms with Crippen LogP contribution in [0.1, 0.15) is 27.5 Å². The van der Waals surface area contributed by atoms with E-state index in [4.69, 9.17) is 11.6 Å². The van der Waals surface area contributed by atoms with Crippen molar-refractivity contribution in [1.82, 2.24) is 4.31 Å². The van der Waals surface area contributed by atoms with Gasteiger partial charge in [0.25, 0.3) is 0 Å². The lowest BCUT2D eigenvalue weighted by molar-refractivity contribution is 0.0981. The highest BCUT2D eigenvalue weighted by atomic mass is 35.5. The Bertz CT molecular complexity index is 1110. The van der Waals surface area contributed by atoms with Crippen molar-refractivity contribution >= 4 is 27.4 Å². The molecule has 142 valence electrons. The third-order valence-electron chi connectivity index (χ3n) is 4.89. The van der Waals surface area contributed by atoms with Crippen molar-refractivity contribution in [2.24, 2.45) is 0 Å². The molecule has 1 heterocycles. The Labute approximate surface area is 169 Å². The summed E-state index contributed by atoms with van der Waals surface area (Å²) >= 11 is 5.97. The van der Waals surface area contributed by atoms with Crippen LogP contribution in [0.5, 0.6) is 0 Å². The monoisotopic (exact) mass is 411 g/mol. The Morgan fingerprint density at radius 3 is 2.11 bits per heavy atom. The lowest BCUT2D eigenvalue weighted by Crippen LogP contribution is -2.19. The first kappa shape index (κ1) is 18.9. The molecule has 0 bridgehead atoms. The Morgan fingerprint density at radius 1 is 0.893 bits per heavy atom. The topological polar surface area (TPSA) is 54.2 Å². The molecule has 3 aromatic rings. The summed E-state index contributed by atoms with van der Waals surface area (Å²) in [5.41, 5.74) is 2.21. The van der Waals surface area contributed by atoms with Gasteiger partial charge in [0.05, 0.1) is 10.9 Å². The number of ketones is 1. The van der Waals surface area contributed by atoms with Crippen molar-refractivity contribution in [3.63, 3.8) is 0 Å². The van der Waals surface area contributed by atoms with Crippen LogP contribution in [0.3, 0.4) is 0 Å². The van der Waals surface area contributed by atoms with Crippen molar-refractivity contribution in [1.29, 1.82) is 0 Å². The average Bonchev–Trinajstić information content (AvgIpc) is 3.45. The molecule has 4 nitrogen and oxygen atoms in total. The predicted octanol–water partition coefficient (Wildman–Crippen LogP) is 4.65. The number of rotatable bonds is 5. The van der Waals surface area contributed by atoms with Crippen LogP contribution < -0.4 is 0 Å². The third kappa shape index (κ3) is 3.37. The highest BCUT2D eigenvalue weighted by Crippen LogP contribution is 2.49. The van der Waals surface area contributed by atoms with Gasteiger partial charge in [-0.05, 0) is 36.8 Å². The van der Waals surface area contributed by atoms with Crippen LogP contribution in [0.2, 0.25) is 5.02 Å². The number of benzene rings is 3. The van der Waals surface area contributed by atoms with Gasteiger partial charge in [-0.3, -0.25) is 4.79 Å². The molecule has 3 aromatic carbocycles. The van der Waals surface area contributed by atoms with Crippen LogP contribution in [-0.2, 0) is 10.0 Å². The fourth-order valence-corrected chi connectivity index (χ4v) is 5.20. The minimum atomic E-state index is -3.81. The molecule has 4 rings (SSSR count). The lowest BCUT2D eigenvalue weighted by Gasteiger charge is -2.07. The van der Waals surface area contributed by atoms with Gasteiger partial charge in [0, 0.05) is 10.6 Å². The quantitative estimate of drug-likeness (QED) is 0.453. The zero-order valence-electron chi connectivity index (χ0n) is 15.1. The maximum atomic E-state index is 13.3. The SMILES string of the molecule is Cc1ccc(S(=O)(=O)N2C(C(=O)c3ccccc3)C2c2ccc(Cl)cc2)cc1. The minimum absolute atomic E-state index is 0.181. The normalized spacial score (nSPS) is 21.3. The van der Waals surface area contributed by atoms with Crippen LogP contribution in [-0.4, -0.2) is 24.5 Å². The van der Waals surface area contributed by atoms with Crippen LogP contribution in [0.15, 0.2) is 83.8 Å². The maximum Gasteiger partial charge on any atom is 0.244 e. The van der Waals surface area contributed by atoms with Gasteiger partial charge < -0.3 is 0 Å². The second-order valence-electron chi connectivity index (χ2n) is 6.82. The Kier molecular flexibility index (Phi) is 4.83. The summed E-state index contributed by atoms with van der Waals surface area (Å²) in [6.45, 7) is 1.89. The third-order valence-corrected chi connectivity index (χ3v) is 7.02. The van der Waals surface area contributed by atoms with E-state index in [9.17, 15) is 13.2 Å². The smallest absolute Gasteiger partial charge is 0.244 e. The first-order valence-electron chi connectivity index (χ1n) is 8.84. The Morgan fingerprint density at radius 2 is 1.50 bits per heavy atom. The molecule has 3 atom stereocenters. The van der Waals surface area contributed by atoms with E-state index in [-0.39, 0.29) is 10.7 Å². The zero-order valence-corrected chi connectivity index (χ0v) is 16.7. The van der Waals surface area contributed by atoms with Gasteiger partial charge in [-0.1, -0.05) is 71.8 Å². The van der Waals surface area contributed by atoms with Gasteiger partial charge in [0.15, 0.2) is 5.78 Å². The van der Waals surface area contributed by atoms with Gasteiger partial charge in [0.1, 0.15) is 6.04 Å². The van der Waals surface area contributed by atoms with Crippen molar-refractivity contribution in [3.05, 3.63) is 101 Å². The fraction of sp³-hybridized carbons (Fsp3) is 0.136. The molecule has 0 spiro atoms. The van der Waals surface area contributed by atoms with Gasteiger partial charge in [-0.2, -0.15) is 4.31 Å². The Balaban J connectivity index is 1.75. The predicted molar refractivity (Wildman–Crippen MR) is 109 cm³/mol. The van der Waals surface area contributed by atoms with Crippen LogP contribution >= 0.6 is 11.6 Å². The molecular formula is C22H18ClNO3S. The molecule has 1 aliphatic rings. The van der Waals surface area contributed by atoms with E-state index in [2.05, 4.69) is 0 Å². The number of aryl methyl sites for hydroxylation is 1. The van der Waals surface area contributed by atoms with Crippen LogP contribution in [0.25, 0.3) is 0 Å². The summed E-state index contributed by atoms with van der Waals surface area (Å²) in [5, 5.41) is 0.559. The van der Waals surface area contributed by atoms with Gasteiger partial charge in [0.2, 0.25) is 10.0 Å². The number of carbonyl (C=O) groups is 1. The average molecular weight is 412 g/mol. The van der Waals surface area contributed by atoms with E-state index >= 15 is 0 Å². The molecule has 0 saturated carbocycles. The number of Topliss-reactive ketones (excluding diaryl/α,β-unsaturated/α-hetero) is 1. The van der Waals surface area contributed by atoms with Gasteiger partial charge >= 0.3 is 0 Å². The van der Waals surface area contributed by atoms with E-state index in [1.807, 2.05) is 13.0 Å². The molecule has 6 heteroatoms. The van der Waals surface area contributed by atoms with E-state index < -0.39 is 22.1 Å². The van der Waals surface area contributed by atoms with Crippen LogP contribution in [0.4, 0.5) is 0 Å². The summed E-state index contributed by atoms with van der Waals surface area (Å²) in [4.78, 5) is 13.2. The molecule has 1 fully saturated rings. The van der Waals surface area contributed by atoms with E-state index in [1.54, 1.807) is 72.8 Å². The van der Waals surface area contributed by atoms with E-state index in [1.165, 1.54) is 4.31 Å². The fourth-order valence-electron chi connectivity index (χ4n) is 3.36. The molecule has 0 amide bonds. The highest BCUT2D eigenvalue weighted by Gasteiger charge is 2.60. The minimum Gasteiger partial charge on any atom is -0.292 e.